The Balaban J connectivity index is 1.91. The third-order valence-corrected chi connectivity index (χ3v) is 5.82. The second-order valence-corrected chi connectivity index (χ2v) is 9.07. The number of amides is 2. The van der Waals surface area contributed by atoms with Crippen molar-refractivity contribution in [2.24, 2.45) is 5.73 Å². The van der Waals surface area contributed by atoms with Crippen LogP contribution in [-0.4, -0.2) is 27.0 Å². The van der Waals surface area contributed by atoms with Crippen LogP contribution in [0.25, 0.3) is 0 Å². The first-order chi connectivity index (χ1) is 13.4. The van der Waals surface area contributed by atoms with E-state index < -0.39 is 9.84 Å². The van der Waals surface area contributed by atoms with Crippen molar-refractivity contribution in [2.75, 3.05) is 11.9 Å². The highest BCUT2D eigenvalue weighted by Crippen LogP contribution is 2.16. The molecule has 0 radical (unpaired) electrons. The van der Waals surface area contributed by atoms with Crippen LogP contribution in [0.5, 0.6) is 0 Å². The second kappa shape index (κ2) is 10.8. The summed E-state index contributed by atoms with van der Waals surface area (Å²) in [7, 11) is -3.30. The molecule has 0 bridgehead atoms. The van der Waals surface area contributed by atoms with Crippen LogP contribution in [0.3, 0.4) is 0 Å². The Kier molecular flexibility index (Phi) is 8.47. The Morgan fingerprint density at radius 2 is 1.68 bits per heavy atom. The molecule has 0 heterocycles. The van der Waals surface area contributed by atoms with Gasteiger partial charge >= 0.3 is 6.03 Å². The Labute approximate surface area is 167 Å². The molecular formula is C21H29N3O3S. The van der Waals surface area contributed by atoms with Gasteiger partial charge in [0.05, 0.1) is 11.5 Å². The molecule has 6 nitrogen and oxygen atoms in total. The molecule has 152 valence electrons. The number of nitrogens with two attached hydrogens (primary N) is 1. The molecular weight excluding hydrogens is 374 g/mol. The highest BCUT2D eigenvalue weighted by Gasteiger charge is 2.14. The van der Waals surface area contributed by atoms with Crippen LogP contribution in [0.4, 0.5) is 10.5 Å². The van der Waals surface area contributed by atoms with Crippen molar-refractivity contribution in [3.8, 4) is 0 Å². The van der Waals surface area contributed by atoms with Crippen molar-refractivity contribution in [3.63, 3.8) is 0 Å². The summed E-state index contributed by atoms with van der Waals surface area (Å²) in [6.07, 6.45) is 2.77. The molecule has 28 heavy (non-hydrogen) atoms. The van der Waals surface area contributed by atoms with Gasteiger partial charge in [-0.05, 0) is 49.6 Å². The van der Waals surface area contributed by atoms with E-state index in [0.29, 0.717) is 17.8 Å². The van der Waals surface area contributed by atoms with E-state index in [1.54, 1.807) is 36.4 Å². The van der Waals surface area contributed by atoms with Gasteiger partial charge in [-0.3, -0.25) is 0 Å². The second-order valence-electron chi connectivity index (χ2n) is 7.00. The maximum absolute atomic E-state index is 12.5. The molecule has 0 aliphatic heterocycles. The number of anilines is 1. The molecule has 2 aromatic rings. The van der Waals surface area contributed by atoms with Crippen LogP contribution in [-0.2, 0) is 21.3 Å². The fraction of sp³-hybridized carbons (Fsp3) is 0.381. The summed E-state index contributed by atoms with van der Waals surface area (Å²) in [6.45, 7) is 2.60. The summed E-state index contributed by atoms with van der Waals surface area (Å²) in [5.74, 6) is -0.0825. The van der Waals surface area contributed by atoms with Gasteiger partial charge in [-0.25, -0.2) is 13.2 Å². The molecule has 0 aromatic heterocycles. The number of nitrogens with one attached hydrogen (secondary N) is 2. The predicted octanol–water partition coefficient (Wildman–Crippen LogP) is 3.44. The summed E-state index contributed by atoms with van der Waals surface area (Å²) >= 11 is 0. The maximum atomic E-state index is 12.5. The number of hydrogen-bond acceptors (Lipinski definition) is 4. The lowest BCUT2D eigenvalue weighted by Gasteiger charge is -2.15. The van der Waals surface area contributed by atoms with Gasteiger partial charge in [0.15, 0.2) is 9.84 Å². The van der Waals surface area contributed by atoms with Gasteiger partial charge in [0.1, 0.15) is 0 Å². The lowest BCUT2D eigenvalue weighted by Crippen LogP contribution is -2.36. The van der Waals surface area contributed by atoms with Crippen LogP contribution in [0.1, 0.15) is 37.3 Å². The van der Waals surface area contributed by atoms with Gasteiger partial charge in [0, 0.05) is 11.7 Å². The molecule has 0 saturated heterocycles. The van der Waals surface area contributed by atoms with Gasteiger partial charge in [-0.1, -0.05) is 48.9 Å². The van der Waals surface area contributed by atoms with Crippen LogP contribution in [0, 0.1) is 0 Å². The molecule has 0 saturated carbocycles. The van der Waals surface area contributed by atoms with E-state index in [1.165, 1.54) is 0 Å². The third-order valence-electron chi connectivity index (χ3n) is 4.27. The molecule has 2 amide bonds. The number of hydrogen-bond donors (Lipinski definition) is 3. The molecule has 0 aliphatic carbocycles. The van der Waals surface area contributed by atoms with Gasteiger partial charge in [0.25, 0.3) is 0 Å². The molecule has 1 atom stereocenters. The minimum Gasteiger partial charge on any atom is -0.335 e. The van der Waals surface area contributed by atoms with Crippen LogP contribution < -0.4 is 16.4 Å². The van der Waals surface area contributed by atoms with E-state index in [2.05, 4.69) is 10.6 Å². The minimum absolute atomic E-state index is 0.00764. The Morgan fingerprint density at radius 3 is 2.39 bits per heavy atom. The number of carbonyl (C=O) groups excluding carboxylic acids is 1. The van der Waals surface area contributed by atoms with Crippen LogP contribution >= 0.6 is 0 Å². The van der Waals surface area contributed by atoms with Gasteiger partial charge in [0.2, 0.25) is 0 Å². The zero-order valence-corrected chi connectivity index (χ0v) is 17.0. The molecule has 2 aromatic carbocycles. The van der Waals surface area contributed by atoms with E-state index in [1.807, 2.05) is 25.1 Å². The molecule has 0 fully saturated rings. The highest BCUT2D eigenvalue weighted by molar-refractivity contribution is 7.89. The lowest BCUT2D eigenvalue weighted by atomic mass is 10.1. The van der Waals surface area contributed by atoms with E-state index in [9.17, 15) is 13.2 Å². The monoisotopic (exact) mass is 403 g/mol. The summed E-state index contributed by atoms with van der Waals surface area (Å²) in [4.78, 5) is 12.1. The topological polar surface area (TPSA) is 101 Å². The number of benzene rings is 2. The number of carbonyl (C=O) groups is 1. The number of urea groups is 1. The normalized spacial score (nSPS) is 12.4. The fourth-order valence-electron chi connectivity index (χ4n) is 2.93. The molecule has 0 aliphatic rings. The van der Waals surface area contributed by atoms with E-state index in [0.717, 1.165) is 24.8 Å². The van der Waals surface area contributed by atoms with Crippen molar-refractivity contribution in [1.82, 2.24) is 5.32 Å². The van der Waals surface area contributed by atoms with E-state index >= 15 is 0 Å². The number of sulfone groups is 1. The number of rotatable bonds is 10. The smallest absolute Gasteiger partial charge is 0.319 e. The first-order valence-corrected chi connectivity index (χ1v) is 11.3. The molecule has 4 N–H and O–H groups in total. The van der Waals surface area contributed by atoms with Crippen molar-refractivity contribution in [3.05, 3.63) is 65.7 Å². The molecule has 0 spiro atoms. The summed E-state index contributed by atoms with van der Waals surface area (Å²) in [5.41, 5.74) is 7.45. The Hall–Kier alpha value is -2.38. The SMILES string of the molecule is CC(CCCCN)NC(=O)Nc1cccc(CS(=O)(=O)Cc2ccccc2)c1. The summed E-state index contributed by atoms with van der Waals surface area (Å²) < 4.78 is 24.9. The zero-order valence-electron chi connectivity index (χ0n) is 16.2. The van der Waals surface area contributed by atoms with Crippen molar-refractivity contribution in [2.45, 2.75) is 43.7 Å². The lowest BCUT2D eigenvalue weighted by molar-refractivity contribution is 0.248. The first-order valence-electron chi connectivity index (χ1n) is 9.49. The van der Waals surface area contributed by atoms with Crippen molar-refractivity contribution < 1.29 is 13.2 Å². The van der Waals surface area contributed by atoms with Crippen LogP contribution in [0.15, 0.2) is 54.6 Å². The Bertz CT molecular complexity index is 854. The number of unbranched alkanes of at least 4 members (excludes halogenated alkanes) is 1. The molecule has 7 heteroatoms. The summed E-state index contributed by atoms with van der Waals surface area (Å²) in [5, 5.41) is 5.65. The van der Waals surface area contributed by atoms with Crippen molar-refractivity contribution >= 4 is 21.6 Å². The van der Waals surface area contributed by atoms with Gasteiger partial charge < -0.3 is 16.4 Å². The molecule has 1 unspecified atom stereocenters. The van der Waals surface area contributed by atoms with E-state index in [4.69, 9.17) is 5.73 Å². The minimum atomic E-state index is -3.30. The fourth-order valence-corrected chi connectivity index (χ4v) is 4.42. The first kappa shape index (κ1) is 21.9. The molecule has 2 rings (SSSR count). The Morgan fingerprint density at radius 1 is 1.00 bits per heavy atom. The quantitative estimate of drug-likeness (QED) is 0.529. The van der Waals surface area contributed by atoms with Gasteiger partial charge in [-0.2, -0.15) is 0 Å². The maximum Gasteiger partial charge on any atom is 0.319 e. The third kappa shape index (κ3) is 8.10. The zero-order chi connectivity index (χ0) is 20.4. The highest BCUT2D eigenvalue weighted by atomic mass is 32.2. The van der Waals surface area contributed by atoms with Gasteiger partial charge in [-0.15, -0.1) is 0 Å². The summed E-state index contributed by atoms with van der Waals surface area (Å²) in [6, 6.07) is 15.8. The predicted molar refractivity (Wildman–Crippen MR) is 114 cm³/mol. The standard InChI is InChI=1S/C21H29N3O3S/c1-17(8-5-6-13-22)23-21(25)24-20-12-7-11-19(14-20)16-28(26,27)15-18-9-3-2-4-10-18/h2-4,7,9-12,14,17H,5-6,8,13,15-16,22H2,1H3,(H2,23,24,25). The largest absolute Gasteiger partial charge is 0.335 e. The van der Waals surface area contributed by atoms with Crippen molar-refractivity contribution in [1.29, 1.82) is 0 Å². The van der Waals surface area contributed by atoms with E-state index in [-0.39, 0.29) is 23.6 Å². The average Bonchev–Trinajstić information content (AvgIpc) is 2.62. The van der Waals surface area contributed by atoms with Crippen LogP contribution in [0.2, 0.25) is 0 Å². The average molecular weight is 404 g/mol.